The molecule has 0 unspecified atom stereocenters. The molecule has 1 fully saturated rings. The summed E-state index contributed by atoms with van der Waals surface area (Å²) >= 11 is 4.91. The van der Waals surface area contributed by atoms with Crippen LogP contribution in [0.3, 0.4) is 0 Å². The van der Waals surface area contributed by atoms with Gasteiger partial charge in [-0.1, -0.05) is 19.3 Å². The van der Waals surface area contributed by atoms with Gasteiger partial charge in [0, 0.05) is 16.4 Å². The van der Waals surface area contributed by atoms with Crippen LogP contribution in [0, 0.1) is 5.82 Å². The molecule has 0 bridgehead atoms. The Morgan fingerprint density at radius 3 is 2.50 bits per heavy atom. The zero-order valence-corrected chi connectivity index (χ0v) is 13.0. The minimum atomic E-state index is -0.134. The molecule has 0 amide bonds. The first kappa shape index (κ1) is 14.4. The van der Waals surface area contributed by atoms with Gasteiger partial charge in [0.25, 0.3) is 0 Å². The van der Waals surface area contributed by atoms with Crippen molar-refractivity contribution in [1.82, 2.24) is 0 Å². The second-order valence-electron chi connectivity index (χ2n) is 5.02. The third-order valence-corrected chi connectivity index (χ3v) is 5.73. The predicted octanol–water partition coefficient (Wildman–Crippen LogP) is 4.47. The van der Waals surface area contributed by atoms with Crippen molar-refractivity contribution in [3.63, 3.8) is 0 Å². The van der Waals surface area contributed by atoms with Gasteiger partial charge in [-0.25, -0.2) is 4.39 Å². The molecule has 1 aromatic rings. The van der Waals surface area contributed by atoms with E-state index in [1.54, 1.807) is 6.07 Å². The Bertz CT molecular complexity index is 407. The molecule has 18 heavy (non-hydrogen) atoms. The van der Waals surface area contributed by atoms with E-state index in [-0.39, 0.29) is 11.2 Å². The van der Waals surface area contributed by atoms with Crippen LogP contribution in [-0.2, 0) is 5.41 Å². The summed E-state index contributed by atoms with van der Waals surface area (Å²) in [6.07, 6.45) is 7.71. The summed E-state index contributed by atoms with van der Waals surface area (Å²) in [4.78, 5) is 0.682. The number of benzene rings is 1. The van der Waals surface area contributed by atoms with Gasteiger partial charge in [0.15, 0.2) is 0 Å². The SMILES string of the molecule is CSc1c(F)cc(C2(CN)CCCCC2)cc1Br. The molecule has 0 aromatic heterocycles. The highest BCUT2D eigenvalue weighted by molar-refractivity contribution is 9.10. The number of thioether (sulfide) groups is 1. The van der Waals surface area contributed by atoms with Gasteiger partial charge in [-0.2, -0.15) is 0 Å². The van der Waals surface area contributed by atoms with Crippen LogP contribution in [0.4, 0.5) is 4.39 Å². The van der Waals surface area contributed by atoms with Crippen LogP contribution in [0.2, 0.25) is 0 Å². The average Bonchev–Trinajstić information content (AvgIpc) is 2.39. The van der Waals surface area contributed by atoms with Crippen LogP contribution >= 0.6 is 27.7 Å². The molecule has 0 heterocycles. The van der Waals surface area contributed by atoms with E-state index >= 15 is 0 Å². The van der Waals surface area contributed by atoms with Gasteiger partial charge >= 0.3 is 0 Å². The summed E-state index contributed by atoms with van der Waals surface area (Å²) in [5.74, 6) is -0.134. The second-order valence-corrected chi connectivity index (χ2v) is 6.69. The highest BCUT2D eigenvalue weighted by Crippen LogP contribution is 2.41. The Kier molecular flexibility index (Phi) is 4.73. The summed E-state index contributed by atoms with van der Waals surface area (Å²) in [6.45, 7) is 0.609. The maximum Gasteiger partial charge on any atom is 0.138 e. The van der Waals surface area contributed by atoms with Crippen LogP contribution in [0.25, 0.3) is 0 Å². The van der Waals surface area contributed by atoms with E-state index in [4.69, 9.17) is 5.73 Å². The lowest BCUT2D eigenvalue weighted by Crippen LogP contribution is -2.37. The Balaban J connectivity index is 2.43. The van der Waals surface area contributed by atoms with Crippen molar-refractivity contribution in [2.24, 2.45) is 5.73 Å². The summed E-state index contributed by atoms with van der Waals surface area (Å²) in [5.41, 5.74) is 7.04. The monoisotopic (exact) mass is 331 g/mol. The van der Waals surface area contributed by atoms with E-state index < -0.39 is 0 Å². The molecule has 1 aromatic carbocycles. The van der Waals surface area contributed by atoms with E-state index in [1.807, 2.05) is 6.26 Å². The average molecular weight is 332 g/mol. The molecular weight excluding hydrogens is 313 g/mol. The van der Waals surface area contributed by atoms with Gasteiger partial charge in [0.2, 0.25) is 0 Å². The van der Waals surface area contributed by atoms with Crippen molar-refractivity contribution >= 4 is 27.7 Å². The molecule has 0 spiro atoms. The molecule has 1 nitrogen and oxygen atoms in total. The lowest BCUT2D eigenvalue weighted by Gasteiger charge is -2.37. The molecule has 4 heteroatoms. The molecule has 1 aliphatic rings. The molecule has 0 aliphatic heterocycles. The Hall–Kier alpha value is -0.0600. The number of halogens is 2. The van der Waals surface area contributed by atoms with E-state index in [1.165, 1.54) is 31.0 Å². The highest BCUT2D eigenvalue weighted by atomic mass is 79.9. The Labute approximate surface area is 121 Å². The minimum Gasteiger partial charge on any atom is -0.330 e. The van der Waals surface area contributed by atoms with Gasteiger partial charge in [0.05, 0.1) is 4.90 Å². The third-order valence-electron chi connectivity index (χ3n) is 4.02. The van der Waals surface area contributed by atoms with Crippen LogP contribution < -0.4 is 5.73 Å². The zero-order chi connectivity index (χ0) is 13.2. The second kappa shape index (κ2) is 5.93. The fourth-order valence-corrected chi connectivity index (χ4v) is 4.33. The van der Waals surface area contributed by atoms with Gasteiger partial charge in [-0.3, -0.25) is 0 Å². The maximum absolute atomic E-state index is 14.1. The van der Waals surface area contributed by atoms with E-state index in [2.05, 4.69) is 22.0 Å². The van der Waals surface area contributed by atoms with Crippen molar-refractivity contribution in [3.05, 3.63) is 28.0 Å². The fourth-order valence-electron chi connectivity index (χ4n) is 2.90. The first-order valence-corrected chi connectivity index (χ1v) is 8.38. The molecule has 1 aliphatic carbocycles. The lowest BCUT2D eigenvalue weighted by molar-refractivity contribution is 0.299. The zero-order valence-electron chi connectivity index (χ0n) is 10.6. The molecule has 0 radical (unpaired) electrons. The highest BCUT2D eigenvalue weighted by Gasteiger charge is 2.33. The summed E-state index contributed by atoms with van der Waals surface area (Å²) in [7, 11) is 0. The number of hydrogen-bond acceptors (Lipinski definition) is 2. The lowest BCUT2D eigenvalue weighted by atomic mass is 9.69. The van der Waals surface area contributed by atoms with Gasteiger partial charge in [0.1, 0.15) is 5.82 Å². The van der Waals surface area contributed by atoms with E-state index in [0.29, 0.717) is 11.4 Å². The van der Waals surface area contributed by atoms with Crippen molar-refractivity contribution in [2.45, 2.75) is 42.4 Å². The van der Waals surface area contributed by atoms with Gasteiger partial charge in [-0.05, 0) is 52.7 Å². The van der Waals surface area contributed by atoms with Crippen LogP contribution in [0.15, 0.2) is 21.5 Å². The summed E-state index contributed by atoms with van der Waals surface area (Å²) in [6, 6.07) is 3.75. The normalized spacial score (nSPS) is 18.9. The first-order valence-electron chi connectivity index (χ1n) is 6.36. The molecule has 100 valence electrons. The molecular formula is C14H19BrFNS. The van der Waals surface area contributed by atoms with Gasteiger partial charge < -0.3 is 5.73 Å². The Morgan fingerprint density at radius 1 is 1.33 bits per heavy atom. The minimum absolute atomic E-state index is 0.0153. The molecule has 0 atom stereocenters. The Morgan fingerprint density at radius 2 is 2.00 bits per heavy atom. The molecule has 0 saturated heterocycles. The van der Waals surface area contributed by atoms with Crippen molar-refractivity contribution in [1.29, 1.82) is 0 Å². The van der Waals surface area contributed by atoms with E-state index in [9.17, 15) is 4.39 Å². The van der Waals surface area contributed by atoms with Crippen LogP contribution in [0.5, 0.6) is 0 Å². The molecule has 2 N–H and O–H groups in total. The quantitative estimate of drug-likeness (QED) is 0.827. The number of nitrogens with two attached hydrogens (primary N) is 1. The van der Waals surface area contributed by atoms with Crippen molar-refractivity contribution in [2.75, 3.05) is 12.8 Å². The smallest absolute Gasteiger partial charge is 0.138 e. The summed E-state index contributed by atoms with van der Waals surface area (Å²) in [5, 5.41) is 0. The maximum atomic E-state index is 14.1. The van der Waals surface area contributed by atoms with Crippen molar-refractivity contribution in [3.8, 4) is 0 Å². The summed E-state index contributed by atoms with van der Waals surface area (Å²) < 4.78 is 14.9. The first-order chi connectivity index (χ1) is 8.63. The number of hydrogen-bond donors (Lipinski definition) is 1. The fraction of sp³-hybridized carbons (Fsp3) is 0.571. The predicted molar refractivity (Wildman–Crippen MR) is 79.7 cm³/mol. The van der Waals surface area contributed by atoms with Crippen LogP contribution in [-0.4, -0.2) is 12.8 Å². The third kappa shape index (κ3) is 2.61. The number of rotatable bonds is 3. The van der Waals surface area contributed by atoms with E-state index in [0.717, 1.165) is 22.9 Å². The van der Waals surface area contributed by atoms with Gasteiger partial charge in [-0.15, -0.1) is 11.8 Å². The molecule has 2 rings (SSSR count). The van der Waals surface area contributed by atoms with Crippen molar-refractivity contribution < 1.29 is 4.39 Å². The largest absolute Gasteiger partial charge is 0.330 e. The molecule has 1 saturated carbocycles. The standard InChI is InChI=1S/C14H19BrFNS/c1-18-13-11(15)7-10(8-12(13)16)14(9-17)5-3-2-4-6-14/h7-8H,2-6,9,17H2,1H3. The van der Waals surface area contributed by atoms with Crippen LogP contribution in [0.1, 0.15) is 37.7 Å². The topological polar surface area (TPSA) is 26.0 Å².